The quantitative estimate of drug-likeness (QED) is 0.130. The Morgan fingerprint density at radius 1 is 0.511 bits per heavy atom. The third kappa shape index (κ3) is 9.62. The van der Waals surface area contributed by atoms with E-state index >= 15 is 0 Å². The molecule has 3 aromatic heterocycles. The lowest BCUT2D eigenvalue weighted by Gasteiger charge is -2.04. The Hall–Kier alpha value is -4.28. The number of hydrogen-bond acceptors (Lipinski definition) is 8. The summed E-state index contributed by atoms with van der Waals surface area (Å²) in [7, 11) is 5.95. The van der Waals surface area contributed by atoms with Gasteiger partial charge in [0.25, 0.3) is 0 Å². The molecule has 248 valence electrons. The van der Waals surface area contributed by atoms with E-state index in [1.807, 2.05) is 73.0 Å². The maximum Gasteiger partial charge on any atom is 0.0480 e. The first-order valence-corrected chi connectivity index (χ1v) is 17.3. The van der Waals surface area contributed by atoms with Gasteiger partial charge in [-0.3, -0.25) is 10.0 Å². The summed E-state index contributed by atoms with van der Waals surface area (Å²) < 4.78 is 4.97. The van der Waals surface area contributed by atoms with Gasteiger partial charge in [-0.05, 0) is 94.1 Å². The highest BCUT2D eigenvalue weighted by Crippen LogP contribution is 2.30. The monoisotopic (exact) mass is 667 g/mol. The highest BCUT2D eigenvalue weighted by Gasteiger charge is 2.03. The van der Waals surface area contributed by atoms with E-state index < -0.39 is 0 Å². The van der Waals surface area contributed by atoms with Gasteiger partial charge in [0.2, 0.25) is 0 Å². The number of nitrogens with zero attached hydrogens (tertiary/aromatic N) is 3. The van der Waals surface area contributed by atoms with Crippen LogP contribution in [0.3, 0.4) is 0 Å². The van der Waals surface area contributed by atoms with Crippen LogP contribution in [0.4, 0.5) is 0 Å². The second-order valence-electron chi connectivity index (χ2n) is 11.8. The first kappa shape index (κ1) is 35.6. The molecule has 0 saturated heterocycles. The first-order chi connectivity index (χ1) is 22.4. The minimum absolute atomic E-state index is 1.14. The van der Waals surface area contributed by atoms with E-state index in [0.29, 0.717) is 0 Å². The fraction of sp³-hybridized carbons (Fsp3) is 0.263. The molecular weight excluding hydrogens is 619 g/mol. The lowest BCUT2D eigenvalue weighted by molar-refractivity contribution is 0.327. The van der Waals surface area contributed by atoms with Gasteiger partial charge in [0.1, 0.15) is 0 Å². The number of rotatable bonds is 0. The summed E-state index contributed by atoms with van der Waals surface area (Å²) in [6.45, 7) is 14.9. The van der Waals surface area contributed by atoms with Crippen LogP contribution in [0.5, 0.6) is 0 Å². The predicted molar refractivity (Wildman–Crippen MR) is 206 cm³/mol. The van der Waals surface area contributed by atoms with Gasteiger partial charge in [0.05, 0.1) is 0 Å². The molecule has 2 aliphatic rings. The minimum atomic E-state index is 1.14. The average Bonchev–Trinajstić information content (AvgIpc) is 3.85. The summed E-state index contributed by atoms with van der Waals surface area (Å²) in [5.41, 5.74) is 19.3. The number of thiophene rings is 2. The van der Waals surface area contributed by atoms with Gasteiger partial charge in [-0.15, -0.1) is 33.7 Å². The number of fused-ring (bicyclic) bond motifs is 3. The van der Waals surface area contributed by atoms with Crippen molar-refractivity contribution in [2.24, 2.45) is 7.05 Å². The summed E-state index contributed by atoms with van der Waals surface area (Å²) >= 11 is 3.76. The number of para-hydroxylation sites is 1. The predicted octanol–water partition coefficient (Wildman–Crippen LogP) is 9.13. The van der Waals surface area contributed by atoms with E-state index in [2.05, 4.69) is 147 Å². The largest absolute Gasteiger partial charge is 0.350 e. The number of aromatic nitrogens is 1. The maximum absolute atomic E-state index is 2.91. The Kier molecular flexibility index (Phi) is 12.5. The van der Waals surface area contributed by atoms with Crippen LogP contribution in [0.1, 0.15) is 40.3 Å². The molecule has 47 heavy (non-hydrogen) atoms. The van der Waals surface area contributed by atoms with Crippen LogP contribution in [0.2, 0.25) is 0 Å². The van der Waals surface area contributed by atoms with Crippen molar-refractivity contribution in [1.29, 1.82) is 0 Å². The van der Waals surface area contributed by atoms with Gasteiger partial charge < -0.3 is 15.4 Å². The van der Waals surface area contributed by atoms with Crippen molar-refractivity contribution >= 4 is 53.7 Å². The zero-order valence-electron chi connectivity index (χ0n) is 29.3. The van der Waals surface area contributed by atoms with Crippen molar-refractivity contribution in [3.8, 4) is 0 Å². The Morgan fingerprint density at radius 3 is 1.26 bits per heavy atom. The first-order valence-electron chi connectivity index (χ1n) is 15.7. The Morgan fingerprint density at radius 2 is 0.915 bits per heavy atom. The Bertz CT molecular complexity index is 1830. The van der Waals surface area contributed by atoms with Crippen molar-refractivity contribution in [3.63, 3.8) is 0 Å². The van der Waals surface area contributed by atoms with Crippen LogP contribution in [-0.4, -0.2) is 28.7 Å². The number of allylic oxidation sites excluding steroid dienone is 2. The zero-order valence-corrected chi connectivity index (χ0v) is 31.0. The van der Waals surface area contributed by atoms with E-state index in [9.17, 15) is 0 Å². The number of benzene rings is 3. The molecule has 6 aromatic rings. The molecule has 8 rings (SSSR count). The van der Waals surface area contributed by atoms with E-state index in [4.69, 9.17) is 0 Å². The summed E-state index contributed by atoms with van der Waals surface area (Å²) in [5.74, 6) is 0. The second kappa shape index (κ2) is 16.5. The number of hydrogen-bond donors (Lipinski definition) is 4. The molecule has 0 saturated carbocycles. The SMILES string of the molecule is CC1=CN(C)NN1.CC1=CN(C)NN1.Cc1cn(C)c2ccccc12.Cc1sc2ccccc2c1C.Cc1sc2ccccc2c1C. The maximum atomic E-state index is 2.91. The second-order valence-corrected chi connectivity index (χ2v) is 14.3. The average molecular weight is 668 g/mol. The van der Waals surface area contributed by atoms with Crippen LogP contribution in [-0.2, 0) is 7.05 Å². The third-order valence-corrected chi connectivity index (χ3v) is 10.3. The van der Waals surface area contributed by atoms with Crippen LogP contribution in [0, 0.1) is 34.6 Å². The Balaban J connectivity index is 0.000000135. The van der Waals surface area contributed by atoms with Gasteiger partial charge in [0, 0.05) is 81.2 Å². The number of hydrazine groups is 4. The molecule has 9 heteroatoms. The highest BCUT2D eigenvalue weighted by atomic mass is 32.1. The molecule has 2 aliphatic heterocycles. The van der Waals surface area contributed by atoms with Crippen LogP contribution in [0.15, 0.2) is 103 Å². The summed E-state index contributed by atoms with van der Waals surface area (Å²) in [6, 6.07) is 25.6. The smallest absolute Gasteiger partial charge is 0.0480 e. The molecule has 0 aliphatic carbocycles. The lowest BCUT2D eigenvalue weighted by Crippen LogP contribution is -2.32. The standard InChI is InChI=1S/C10H11N.2C10H10S.2C4H9N3/c1-8-7-11(2)10-6-4-3-5-9(8)10;2*1-7-8(2)11-10-6-4-3-5-9(7)10;2*1-4-3-7(2)6-5-4/h3-7H,1-2H3;2*3-6H,1-2H3;2*3,5-6H,1-2H3. The van der Waals surface area contributed by atoms with Crippen molar-refractivity contribution in [1.82, 2.24) is 36.5 Å². The van der Waals surface area contributed by atoms with Gasteiger partial charge in [-0.25, -0.2) is 0 Å². The molecule has 0 unspecified atom stereocenters. The van der Waals surface area contributed by atoms with Crippen LogP contribution in [0.25, 0.3) is 31.1 Å². The number of nitrogens with one attached hydrogen (secondary N) is 4. The molecule has 0 radical (unpaired) electrons. The van der Waals surface area contributed by atoms with Gasteiger partial charge in [0.15, 0.2) is 0 Å². The molecule has 0 spiro atoms. The molecule has 5 heterocycles. The summed E-state index contributed by atoms with van der Waals surface area (Å²) in [5, 5.41) is 7.89. The van der Waals surface area contributed by atoms with Crippen LogP contribution >= 0.6 is 22.7 Å². The van der Waals surface area contributed by atoms with Gasteiger partial charge >= 0.3 is 0 Å². The molecule has 0 bridgehead atoms. The highest BCUT2D eigenvalue weighted by molar-refractivity contribution is 7.19. The molecule has 0 atom stereocenters. The fourth-order valence-corrected chi connectivity index (χ4v) is 7.34. The van der Waals surface area contributed by atoms with E-state index in [-0.39, 0.29) is 0 Å². The molecule has 3 aromatic carbocycles. The van der Waals surface area contributed by atoms with E-state index in [1.165, 1.54) is 57.5 Å². The van der Waals surface area contributed by atoms with Gasteiger partial charge in [-0.1, -0.05) is 54.6 Å². The summed E-state index contributed by atoms with van der Waals surface area (Å²) in [4.78, 5) is 2.87. The fourth-order valence-electron chi connectivity index (χ4n) is 5.20. The molecule has 4 N–H and O–H groups in total. The zero-order chi connectivity index (χ0) is 34.1. The lowest BCUT2D eigenvalue weighted by atomic mass is 10.2. The topological polar surface area (TPSA) is 59.5 Å². The van der Waals surface area contributed by atoms with E-state index in [1.54, 1.807) is 0 Å². The van der Waals surface area contributed by atoms with Crippen molar-refractivity contribution in [2.75, 3.05) is 14.1 Å². The van der Waals surface area contributed by atoms with Crippen molar-refractivity contribution in [3.05, 3.63) is 129 Å². The molecular formula is C38H49N7S2. The Labute approximate surface area is 288 Å². The van der Waals surface area contributed by atoms with Crippen LogP contribution < -0.4 is 21.9 Å². The third-order valence-electron chi connectivity index (χ3n) is 7.89. The number of aryl methyl sites for hydroxylation is 6. The molecule has 0 amide bonds. The van der Waals surface area contributed by atoms with Crippen molar-refractivity contribution < 1.29 is 0 Å². The van der Waals surface area contributed by atoms with Crippen molar-refractivity contribution in [2.45, 2.75) is 48.5 Å². The normalized spacial score (nSPS) is 13.2. The summed E-state index contributed by atoms with van der Waals surface area (Å²) in [6.07, 6.45) is 6.10. The van der Waals surface area contributed by atoms with Gasteiger partial charge in [-0.2, -0.15) is 0 Å². The molecule has 0 fully saturated rings. The van der Waals surface area contributed by atoms with E-state index in [0.717, 1.165) is 11.4 Å². The molecule has 7 nitrogen and oxygen atoms in total. The minimum Gasteiger partial charge on any atom is -0.350 e.